The molecule has 0 radical (unpaired) electrons. The largest absolute Gasteiger partial charge is 0.508 e. The third kappa shape index (κ3) is 2.33. The first-order valence-electron chi connectivity index (χ1n) is 9.77. The fourth-order valence-corrected chi connectivity index (χ4v) is 6.38. The number of fused-ring (bicyclic) bond motifs is 1. The van der Waals surface area contributed by atoms with Gasteiger partial charge in [0.25, 0.3) is 0 Å². The van der Waals surface area contributed by atoms with Gasteiger partial charge in [-0.2, -0.15) is 0 Å². The first kappa shape index (κ1) is 16.7. The Kier molecular flexibility index (Phi) is 4.12. The highest BCUT2D eigenvalue weighted by atomic mass is 35.5. The summed E-state index contributed by atoms with van der Waals surface area (Å²) in [5.74, 6) is 2.25. The van der Waals surface area contributed by atoms with Gasteiger partial charge in [0.15, 0.2) is 0 Å². The van der Waals surface area contributed by atoms with E-state index in [1.165, 1.54) is 69.0 Å². The van der Waals surface area contributed by atoms with Crippen LogP contribution in [0, 0.1) is 11.8 Å². The average molecular weight is 348 g/mol. The fourth-order valence-electron chi connectivity index (χ4n) is 6.38. The minimum atomic E-state index is 0. The van der Waals surface area contributed by atoms with Crippen molar-refractivity contribution in [3.8, 4) is 5.75 Å². The molecule has 1 N–H and O–H groups in total. The Labute approximate surface area is 152 Å². The van der Waals surface area contributed by atoms with E-state index < -0.39 is 0 Å². The predicted molar refractivity (Wildman–Crippen MR) is 100.0 cm³/mol. The normalized spacial score (nSPS) is 36.2. The van der Waals surface area contributed by atoms with E-state index in [-0.39, 0.29) is 12.4 Å². The molecule has 0 amide bonds. The van der Waals surface area contributed by atoms with E-state index >= 15 is 0 Å². The minimum absolute atomic E-state index is 0. The number of likely N-dealkylation sites (tertiary alicyclic amines) is 1. The van der Waals surface area contributed by atoms with E-state index in [1.54, 1.807) is 0 Å². The van der Waals surface area contributed by atoms with Crippen LogP contribution in [0.5, 0.6) is 5.75 Å². The summed E-state index contributed by atoms with van der Waals surface area (Å²) in [5, 5.41) is 10.1. The highest BCUT2D eigenvalue weighted by Gasteiger charge is 2.55. The molecule has 2 bridgehead atoms. The van der Waals surface area contributed by atoms with Gasteiger partial charge in [0.1, 0.15) is 5.75 Å². The molecule has 1 aromatic carbocycles. The van der Waals surface area contributed by atoms with Gasteiger partial charge in [-0.15, -0.1) is 12.4 Å². The Morgan fingerprint density at radius 3 is 2.79 bits per heavy atom. The molecule has 1 heterocycles. The molecule has 132 valence electrons. The zero-order valence-corrected chi connectivity index (χ0v) is 15.5. The molecule has 1 aromatic rings. The third-order valence-corrected chi connectivity index (χ3v) is 7.69. The average Bonchev–Trinajstić information content (AvgIpc) is 3.40. The summed E-state index contributed by atoms with van der Waals surface area (Å²) < 4.78 is 0. The van der Waals surface area contributed by atoms with E-state index in [9.17, 15) is 5.11 Å². The van der Waals surface area contributed by atoms with Gasteiger partial charge in [0, 0.05) is 17.5 Å². The van der Waals surface area contributed by atoms with Crippen LogP contribution >= 0.6 is 12.4 Å². The molecule has 0 unspecified atom stereocenters. The zero-order valence-electron chi connectivity index (χ0n) is 14.7. The Morgan fingerprint density at radius 2 is 2.00 bits per heavy atom. The summed E-state index contributed by atoms with van der Waals surface area (Å²) in [5.41, 5.74) is 3.41. The van der Waals surface area contributed by atoms with Crippen molar-refractivity contribution in [3.05, 3.63) is 29.3 Å². The van der Waals surface area contributed by atoms with Gasteiger partial charge in [0.05, 0.1) is 0 Å². The SMILES string of the molecule is C[C@H](C1CC1)N1CC[C@]23CCCC[C@H]2[C@H]1Cc1ccc(O)cc13.Cl. The lowest BCUT2D eigenvalue weighted by atomic mass is 9.52. The van der Waals surface area contributed by atoms with Gasteiger partial charge in [-0.05, 0) is 87.1 Å². The van der Waals surface area contributed by atoms with Crippen LogP contribution in [0.3, 0.4) is 0 Å². The van der Waals surface area contributed by atoms with Crippen molar-refractivity contribution < 1.29 is 5.11 Å². The molecular weight excluding hydrogens is 318 g/mol. The Hall–Kier alpha value is -0.730. The molecule has 1 aliphatic heterocycles. The smallest absolute Gasteiger partial charge is 0.115 e. The quantitative estimate of drug-likeness (QED) is 0.840. The van der Waals surface area contributed by atoms with Crippen molar-refractivity contribution in [2.24, 2.45) is 11.8 Å². The van der Waals surface area contributed by atoms with Crippen molar-refractivity contribution in [2.45, 2.75) is 75.8 Å². The van der Waals surface area contributed by atoms with Crippen molar-refractivity contribution >= 4 is 12.4 Å². The number of phenols is 1. The van der Waals surface area contributed by atoms with Gasteiger partial charge in [-0.25, -0.2) is 0 Å². The van der Waals surface area contributed by atoms with E-state index in [0.29, 0.717) is 11.2 Å². The number of nitrogens with zero attached hydrogens (tertiary/aromatic N) is 1. The van der Waals surface area contributed by atoms with Crippen LogP contribution in [0.4, 0.5) is 0 Å². The number of hydrogen-bond acceptors (Lipinski definition) is 2. The molecule has 0 spiro atoms. The van der Waals surface area contributed by atoms with E-state index in [1.807, 2.05) is 6.07 Å². The van der Waals surface area contributed by atoms with Crippen molar-refractivity contribution in [2.75, 3.05) is 6.54 Å². The van der Waals surface area contributed by atoms with Crippen LogP contribution in [0.25, 0.3) is 0 Å². The highest BCUT2D eigenvalue weighted by molar-refractivity contribution is 5.85. The van der Waals surface area contributed by atoms with Gasteiger partial charge < -0.3 is 5.11 Å². The maximum absolute atomic E-state index is 10.1. The molecule has 3 aliphatic carbocycles. The number of halogens is 1. The van der Waals surface area contributed by atoms with Crippen LogP contribution in [0.1, 0.15) is 63.0 Å². The van der Waals surface area contributed by atoms with Crippen LogP contribution < -0.4 is 0 Å². The lowest BCUT2D eigenvalue weighted by molar-refractivity contribution is -0.0343. The second-order valence-corrected chi connectivity index (χ2v) is 8.69. The van der Waals surface area contributed by atoms with Gasteiger partial charge >= 0.3 is 0 Å². The van der Waals surface area contributed by atoms with Crippen LogP contribution in [-0.4, -0.2) is 28.6 Å². The molecule has 2 nitrogen and oxygen atoms in total. The molecule has 0 aromatic heterocycles. The molecule has 3 fully saturated rings. The van der Waals surface area contributed by atoms with E-state index in [4.69, 9.17) is 0 Å². The van der Waals surface area contributed by atoms with Gasteiger partial charge in [0.2, 0.25) is 0 Å². The van der Waals surface area contributed by atoms with Crippen molar-refractivity contribution in [3.63, 3.8) is 0 Å². The molecule has 2 saturated carbocycles. The third-order valence-electron chi connectivity index (χ3n) is 7.69. The highest BCUT2D eigenvalue weighted by Crippen LogP contribution is 2.57. The summed E-state index contributed by atoms with van der Waals surface area (Å²) in [6, 6.07) is 7.76. The second-order valence-electron chi connectivity index (χ2n) is 8.69. The van der Waals surface area contributed by atoms with Crippen molar-refractivity contribution in [1.82, 2.24) is 4.90 Å². The second kappa shape index (κ2) is 5.92. The van der Waals surface area contributed by atoms with Gasteiger partial charge in [-0.1, -0.05) is 18.9 Å². The molecule has 4 aliphatic rings. The number of aromatic hydroxyl groups is 1. The maximum Gasteiger partial charge on any atom is 0.115 e. The fraction of sp³-hybridized carbons (Fsp3) is 0.714. The maximum atomic E-state index is 10.1. The Balaban J connectivity index is 0.00000146. The van der Waals surface area contributed by atoms with E-state index in [2.05, 4.69) is 24.0 Å². The number of benzene rings is 1. The number of piperidine rings is 1. The first-order chi connectivity index (χ1) is 11.2. The molecule has 5 rings (SSSR count). The standard InChI is InChI=1S/C21H29NO.ClH/c1-14(15-5-6-15)22-11-10-21-9-3-2-4-18(21)20(22)12-16-7-8-17(23)13-19(16)21;/h7-8,13-15,18,20,23H,2-6,9-12H2,1H3;1H/t14-,18+,20-,21-;/m1./s1. The topological polar surface area (TPSA) is 23.5 Å². The summed E-state index contributed by atoms with van der Waals surface area (Å²) in [4.78, 5) is 2.89. The van der Waals surface area contributed by atoms with Crippen LogP contribution in [0.15, 0.2) is 18.2 Å². The predicted octanol–water partition coefficient (Wildman–Crippen LogP) is 4.67. The summed E-state index contributed by atoms with van der Waals surface area (Å²) in [6.07, 6.45) is 10.9. The molecule has 24 heavy (non-hydrogen) atoms. The summed E-state index contributed by atoms with van der Waals surface area (Å²) in [7, 11) is 0. The molecule has 4 atom stereocenters. The monoisotopic (exact) mass is 347 g/mol. The minimum Gasteiger partial charge on any atom is -0.508 e. The zero-order chi connectivity index (χ0) is 15.6. The lowest BCUT2D eigenvalue weighted by Gasteiger charge is -2.60. The first-order valence-corrected chi connectivity index (χ1v) is 9.77. The lowest BCUT2D eigenvalue weighted by Crippen LogP contribution is -2.62. The Morgan fingerprint density at radius 1 is 1.17 bits per heavy atom. The number of phenolic OH excluding ortho intramolecular Hbond substituents is 1. The molecule has 1 saturated heterocycles. The van der Waals surface area contributed by atoms with E-state index in [0.717, 1.165) is 23.9 Å². The van der Waals surface area contributed by atoms with Crippen LogP contribution in [0.2, 0.25) is 0 Å². The molecule has 3 heteroatoms. The summed E-state index contributed by atoms with van der Waals surface area (Å²) in [6.45, 7) is 3.76. The Bertz CT molecular complexity index is 628. The van der Waals surface area contributed by atoms with Crippen LogP contribution in [-0.2, 0) is 11.8 Å². The summed E-state index contributed by atoms with van der Waals surface area (Å²) >= 11 is 0. The van der Waals surface area contributed by atoms with Gasteiger partial charge in [-0.3, -0.25) is 4.90 Å². The number of hydrogen-bond donors (Lipinski definition) is 1. The molecular formula is C21H30ClNO. The number of rotatable bonds is 2. The van der Waals surface area contributed by atoms with Crippen molar-refractivity contribution in [1.29, 1.82) is 0 Å².